The van der Waals surface area contributed by atoms with Crippen molar-refractivity contribution < 1.29 is 9.47 Å². The van der Waals surface area contributed by atoms with Crippen molar-refractivity contribution in [3.8, 4) is 28.1 Å². The summed E-state index contributed by atoms with van der Waals surface area (Å²) in [5.41, 5.74) is 6.90. The molecule has 1 unspecified atom stereocenters. The molecule has 188 valence electrons. The summed E-state index contributed by atoms with van der Waals surface area (Å²) in [5.74, 6) is 2.48. The zero-order valence-electron chi connectivity index (χ0n) is 21.3. The van der Waals surface area contributed by atoms with Crippen molar-refractivity contribution in [3.05, 3.63) is 127 Å². The second kappa shape index (κ2) is 10.3. The smallest absolute Gasteiger partial charge is 0.181 e. The Morgan fingerprint density at radius 1 is 0.711 bits per heavy atom. The maximum Gasteiger partial charge on any atom is 0.181 e. The third-order valence-electron chi connectivity index (χ3n) is 6.67. The summed E-state index contributed by atoms with van der Waals surface area (Å²) in [7, 11) is 3.39. The van der Waals surface area contributed by atoms with E-state index in [1.54, 1.807) is 14.2 Å². The van der Waals surface area contributed by atoms with E-state index in [0.717, 1.165) is 56.6 Å². The van der Waals surface area contributed by atoms with Crippen molar-refractivity contribution in [1.82, 2.24) is 9.78 Å². The van der Waals surface area contributed by atoms with E-state index in [2.05, 4.69) is 34.9 Å². The van der Waals surface area contributed by atoms with Crippen LogP contribution in [0.1, 0.15) is 11.8 Å². The molecule has 1 aromatic heterocycles. The van der Waals surface area contributed by atoms with Crippen LogP contribution in [0.2, 0.25) is 0 Å². The lowest BCUT2D eigenvalue weighted by Crippen LogP contribution is -2.28. The van der Waals surface area contributed by atoms with E-state index < -0.39 is 6.23 Å². The Morgan fingerprint density at radius 3 is 1.92 bits per heavy atom. The SMILES string of the molecule is COc1ccc(C2=C(Nc3ccccc3)Nc3c(-c4ccccc4)c(-c4ccccc4)nn3C2OC)cc1. The quantitative estimate of drug-likeness (QED) is 0.246. The van der Waals surface area contributed by atoms with Gasteiger partial charge in [0.2, 0.25) is 0 Å². The predicted octanol–water partition coefficient (Wildman–Crippen LogP) is 7.28. The molecule has 2 heterocycles. The van der Waals surface area contributed by atoms with Gasteiger partial charge in [-0.15, -0.1) is 0 Å². The van der Waals surface area contributed by atoms with E-state index in [9.17, 15) is 0 Å². The van der Waals surface area contributed by atoms with Crippen LogP contribution in [0.4, 0.5) is 11.5 Å². The number of hydrogen-bond donors (Lipinski definition) is 2. The molecule has 4 aromatic carbocycles. The molecule has 6 heteroatoms. The van der Waals surface area contributed by atoms with E-state index >= 15 is 0 Å². The summed E-state index contributed by atoms with van der Waals surface area (Å²) in [4.78, 5) is 0. The zero-order valence-corrected chi connectivity index (χ0v) is 21.3. The van der Waals surface area contributed by atoms with E-state index in [0.29, 0.717) is 0 Å². The van der Waals surface area contributed by atoms with Crippen molar-refractivity contribution in [2.24, 2.45) is 0 Å². The maximum atomic E-state index is 6.18. The van der Waals surface area contributed by atoms with E-state index in [-0.39, 0.29) is 0 Å². The number of anilines is 2. The van der Waals surface area contributed by atoms with Gasteiger partial charge in [0.25, 0.3) is 0 Å². The molecule has 1 aliphatic rings. The summed E-state index contributed by atoms with van der Waals surface area (Å²) in [6.45, 7) is 0. The zero-order chi connectivity index (χ0) is 25.9. The molecule has 0 saturated carbocycles. The second-order valence-corrected chi connectivity index (χ2v) is 8.97. The Labute approximate surface area is 222 Å². The van der Waals surface area contributed by atoms with Gasteiger partial charge in [-0.3, -0.25) is 0 Å². The van der Waals surface area contributed by atoms with Gasteiger partial charge in [-0.25, -0.2) is 4.68 Å². The third-order valence-corrected chi connectivity index (χ3v) is 6.67. The summed E-state index contributed by atoms with van der Waals surface area (Å²) in [6.07, 6.45) is -0.481. The third kappa shape index (κ3) is 4.31. The first-order valence-corrected chi connectivity index (χ1v) is 12.5. The molecule has 0 fully saturated rings. The molecule has 0 amide bonds. The molecule has 0 spiro atoms. The van der Waals surface area contributed by atoms with Gasteiger partial charge in [-0.1, -0.05) is 91.0 Å². The summed E-state index contributed by atoms with van der Waals surface area (Å²) in [6, 6.07) is 38.7. The number of hydrogen-bond acceptors (Lipinski definition) is 5. The fourth-order valence-corrected chi connectivity index (χ4v) is 4.87. The van der Waals surface area contributed by atoms with Crippen LogP contribution in [0.3, 0.4) is 0 Å². The van der Waals surface area contributed by atoms with Gasteiger partial charge in [0.1, 0.15) is 23.1 Å². The summed E-state index contributed by atoms with van der Waals surface area (Å²) >= 11 is 0. The molecule has 6 rings (SSSR count). The molecule has 0 saturated heterocycles. The van der Waals surface area contributed by atoms with Crippen LogP contribution in [0, 0.1) is 0 Å². The first-order valence-electron chi connectivity index (χ1n) is 12.5. The monoisotopic (exact) mass is 500 g/mol. The standard InChI is InChI=1S/C32H28N4O2/c1-37-26-20-18-23(19-21-26)28-30(33-25-16-10-5-11-17-25)34-31-27(22-12-6-3-7-13-22)29(24-14-8-4-9-15-24)35-36(31)32(28)38-2/h3-21,32-34H,1-2H3. The average Bonchev–Trinajstić information content (AvgIpc) is 3.37. The van der Waals surface area contributed by atoms with Crippen molar-refractivity contribution in [1.29, 1.82) is 0 Å². The van der Waals surface area contributed by atoms with Crippen molar-refractivity contribution in [3.63, 3.8) is 0 Å². The van der Waals surface area contributed by atoms with Gasteiger partial charge < -0.3 is 20.1 Å². The van der Waals surface area contributed by atoms with Crippen molar-refractivity contribution >= 4 is 17.1 Å². The van der Waals surface area contributed by atoms with Crippen LogP contribution in [0.15, 0.2) is 121 Å². The molecule has 6 nitrogen and oxygen atoms in total. The highest BCUT2D eigenvalue weighted by Gasteiger charge is 2.34. The lowest BCUT2D eigenvalue weighted by atomic mass is 9.99. The number of ether oxygens (including phenoxy) is 2. The van der Waals surface area contributed by atoms with Gasteiger partial charge in [0, 0.05) is 18.4 Å². The molecule has 0 bridgehead atoms. The maximum absolute atomic E-state index is 6.18. The number of nitrogens with zero attached hydrogens (tertiary/aromatic N) is 2. The van der Waals surface area contributed by atoms with Crippen LogP contribution in [0.25, 0.3) is 28.0 Å². The number of benzene rings is 4. The normalized spacial score (nSPS) is 14.5. The molecule has 38 heavy (non-hydrogen) atoms. The lowest BCUT2D eigenvalue weighted by Gasteiger charge is -2.31. The molecule has 0 radical (unpaired) electrons. The molecule has 2 N–H and O–H groups in total. The molecular formula is C32H28N4O2. The Kier molecular flexibility index (Phi) is 6.38. The van der Waals surface area contributed by atoms with Gasteiger partial charge in [0.05, 0.1) is 18.2 Å². The van der Waals surface area contributed by atoms with E-state index in [4.69, 9.17) is 14.6 Å². The molecule has 1 atom stereocenters. The Hall–Kier alpha value is -4.81. The molecule has 0 aliphatic carbocycles. The number of para-hydroxylation sites is 1. The van der Waals surface area contributed by atoms with Crippen LogP contribution >= 0.6 is 0 Å². The van der Waals surface area contributed by atoms with E-state index in [1.165, 1.54) is 0 Å². The number of methoxy groups -OCH3 is 2. The number of fused-ring (bicyclic) bond motifs is 1. The highest BCUT2D eigenvalue weighted by Crippen LogP contribution is 2.46. The van der Waals surface area contributed by atoms with Gasteiger partial charge >= 0.3 is 0 Å². The minimum absolute atomic E-state index is 0.481. The second-order valence-electron chi connectivity index (χ2n) is 8.97. The van der Waals surface area contributed by atoms with Gasteiger partial charge in [-0.05, 0) is 35.4 Å². The number of rotatable bonds is 7. The first kappa shape index (κ1) is 23.6. The summed E-state index contributed by atoms with van der Waals surface area (Å²) in [5, 5.41) is 12.5. The highest BCUT2D eigenvalue weighted by atomic mass is 16.5. The van der Waals surface area contributed by atoms with Gasteiger partial charge in [0.15, 0.2) is 6.23 Å². The number of nitrogens with one attached hydrogen (secondary N) is 2. The minimum Gasteiger partial charge on any atom is -0.497 e. The van der Waals surface area contributed by atoms with Crippen LogP contribution in [0.5, 0.6) is 5.75 Å². The topological polar surface area (TPSA) is 60.3 Å². The Balaban J connectivity index is 1.57. The van der Waals surface area contributed by atoms with Gasteiger partial charge in [-0.2, -0.15) is 5.10 Å². The van der Waals surface area contributed by atoms with Crippen molar-refractivity contribution in [2.75, 3.05) is 24.9 Å². The van der Waals surface area contributed by atoms with Crippen LogP contribution in [-0.4, -0.2) is 24.0 Å². The Bertz CT molecular complexity index is 1560. The number of aromatic nitrogens is 2. The molecular weight excluding hydrogens is 472 g/mol. The van der Waals surface area contributed by atoms with Crippen LogP contribution < -0.4 is 15.4 Å². The van der Waals surface area contributed by atoms with E-state index in [1.807, 2.05) is 95.7 Å². The summed E-state index contributed by atoms with van der Waals surface area (Å²) < 4.78 is 13.5. The fourth-order valence-electron chi connectivity index (χ4n) is 4.87. The predicted molar refractivity (Wildman–Crippen MR) is 153 cm³/mol. The minimum atomic E-state index is -0.481. The highest BCUT2D eigenvalue weighted by molar-refractivity contribution is 5.92. The molecule has 1 aliphatic heterocycles. The first-order chi connectivity index (χ1) is 18.8. The lowest BCUT2D eigenvalue weighted by molar-refractivity contribution is 0.0830. The van der Waals surface area contributed by atoms with Crippen LogP contribution in [-0.2, 0) is 4.74 Å². The molecule has 5 aromatic rings. The Morgan fingerprint density at radius 2 is 1.32 bits per heavy atom. The van der Waals surface area contributed by atoms with Crippen molar-refractivity contribution in [2.45, 2.75) is 6.23 Å². The fraction of sp³-hybridized carbons (Fsp3) is 0.0938. The average molecular weight is 501 g/mol. The largest absolute Gasteiger partial charge is 0.497 e.